The highest BCUT2D eigenvalue weighted by molar-refractivity contribution is 4.97. The van der Waals surface area contributed by atoms with Gasteiger partial charge in [-0.3, -0.25) is 0 Å². The molecule has 70 valence electrons. The molecule has 2 aliphatic rings. The third kappa shape index (κ3) is 1.27. The highest BCUT2D eigenvalue weighted by Crippen LogP contribution is 2.32. The summed E-state index contributed by atoms with van der Waals surface area (Å²) in [6, 6.07) is 0.778. The van der Waals surface area contributed by atoms with Crippen molar-refractivity contribution < 1.29 is 0 Å². The summed E-state index contributed by atoms with van der Waals surface area (Å²) in [7, 11) is 2.25. The third-order valence-electron chi connectivity index (χ3n) is 3.47. The van der Waals surface area contributed by atoms with E-state index in [4.69, 9.17) is 0 Å². The van der Waals surface area contributed by atoms with E-state index in [1.165, 1.54) is 19.6 Å². The van der Waals surface area contributed by atoms with Crippen molar-refractivity contribution in [2.45, 2.75) is 19.9 Å². The Hall–Kier alpha value is -0.0800. The average Bonchev–Trinajstić information content (AvgIpc) is 2.43. The van der Waals surface area contributed by atoms with Gasteiger partial charge in [-0.15, -0.1) is 0 Å². The molecule has 2 heterocycles. The van der Waals surface area contributed by atoms with E-state index >= 15 is 0 Å². The highest BCUT2D eigenvalue weighted by atomic mass is 15.2. The van der Waals surface area contributed by atoms with E-state index in [0.717, 1.165) is 23.8 Å². The topological polar surface area (TPSA) is 15.3 Å². The van der Waals surface area contributed by atoms with Crippen LogP contribution >= 0.6 is 0 Å². The molecule has 0 radical (unpaired) electrons. The molecule has 2 aliphatic heterocycles. The molecule has 0 bridgehead atoms. The Kier molecular flexibility index (Phi) is 2.13. The Morgan fingerprint density at radius 3 is 2.75 bits per heavy atom. The molecule has 2 rings (SSSR count). The van der Waals surface area contributed by atoms with Gasteiger partial charge in [0.1, 0.15) is 0 Å². The number of likely N-dealkylation sites (tertiary alicyclic amines) is 1. The third-order valence-corrected chi connectivity index (χ3v) is 3.47. The fraction of sp³-hybridized carbons (Fsp3) is 1.00. The van der Waals surface area contributed by atoms with Crippen LogP contribution in [0.4, 0.5) is 0 Å². The second-order valence-electron chi connectivity index (χ2n) is 4.82. The first-order valence-electron chi connectivity index (χ1n) is 5.10. The van der Waals surface area contributed by atoms with Gasteiger partial charge in [0.15, 0.2) is 0 Å². The van der Waals surface area contributed by atoms with Crippen LogP contribution in [-0.4, -0.2) is 37.6 Å². The minimum Gasteiger partial charge on any atom is -0.313 e. The number of nitrogens with one attached hydrogen (secondary N) is 1. The summed E-state index contributed by atoms with van der Waals surface area (Å²) in [5, 5.41) is 3.65. The molecule has 3 atom stereocenters. The first-order chi connectivity index (χ1) is 5.68. The van der Waals surface area contributed by atoms with E-state index < -0.39 is 0 Å². The zero-order chi connectivity index (χ0) is 8.72. The molecule has 2 nitrogen and oxygen atoms in total. The van der Waals surface area contributed by atoms with E-state index in [1.54, 1.807) is 0 Å². The fourth-order valence-corrected chi connectivity index (χ4v) is 2.91. The van der Waals surface area contributed by atoms with Crippen molar-refractivity contribution in [3.8, 4) is 0 Å². The maximum Gasteiger partial charge on any atom is 0.0134 e. The molecule has 1 N–H and O–H groups in total. The summed E-state index contributed by atoms with van der Waals surface area (Å²) in [5.41, 5.74) is 0. The molecule has 2 fully saturated rings. The largest absolute Gasteiger partial charge is 0.313 e. The van der Waals surface area contributed by atoms with Gasteiger partial charge in [0, 0.05) is 19.1 Å². The molecular weight excluding hydrogens is 148 g/mol. The Morgan fingerprint density at radius 2 is 2.08 bits per heavy atom. The second kappa shape index (κ2) is 3.00. The van der Waals surface area contributed by atoms with Gasteiger partial charge in [-0.25, -0.2) is 0 Å². The Bertz CT molecular complexity index is 167. The van der Waals surface area contributed by atoms with Gasteiger partial charge in [0.2, 0.25) is 0 Å². The molecule has 0 amide bonds. The molecule has 2 saturated heterocycles. The van der Waals surface area contributed by atoms with E-state index in [9.17, 15) is 0 Å². The summed E-state index contributed by atoms with van der Waals surface area (Å²) < 4.78 is 0. The molecule has 12 heavy (non-hydrogen) atoms. The van der Waals surface area contributed by atoms with Gasteiger partial charge in [-0.1, -0.05) is 13.8 Å². The van der Waals surface area contributed by atoms with Crippen LogP contribution in [-0.2, 0) is 0 Å². The Balaban J connectivity index is 2.03. The molecule has 0 unspecified atom stereocenters. The number of nitrogens with zero attached hydrogens (tertiary/aromatic N) is 1. The molecule has 0 aromatic rings. The van der Waals surface area contributed by atoms with Crippen LogP contribution in [0.5, 0.6) is 0 Å². The maximum absolute atomic E-state index is 3.65. The smallest absolute Gasteiger partial charge is 0.0134 e. The minimum absolute atomic E-state index is 0.778. The van der Waals surface area contributed by atoms with Gasteiger partial charge in [0.25, 0.3) is 0 Å². The van der Waals surface area contributed by atoms with E-state index in [0.29, 0.717) is 0 Å². The van der Waals surface area contributed by atoms with Gasteiger partial charge in [-0.05, 0) is 31.3 Å². The van der Waals surface area contributed by atoms with Crippen LogP contribution in [0.2, 0.25) is 0 Å². The van der Waals surface area contributed by atoms with Crippen LogP contribution in [0.25, 0.3) is 0 Å². The predicted molar refractivity (Wildman–Crippen MR) is 51.1 cm³/mol. The molecule has 0 aromatic heterocycles. The second-order valence-corrected chi connectivity index (χ2v) is 4.82. The molecular formula is C10H20N2. The van der Waals surface area contributed by atoms with Crippen molar-refractivity contribution in [2.75, 3.05) is 26.7 Å². The van der Waals surface area contributed by atoms with Crippen LogP contribution in [0, 0.1) is 17.8 Å². The minimum atomic E-state index is 0.778. The number of fused-ring (bicyclic) bond motifs is 1. The van der Waals surface area contributed by atoms with Crippen molar-refractivity contribution in [1.82, 2.24) is 10.2 Å². The summed E-state index contributed by atoms with van der Waals surface area (Å²) in [4.78, 5) is 2.48. The predicted octanol–water partition coefficient (Wildman–Crippen LogP) is 0.792. The summed E-state index contributed by atoms with van der Waals surface area (Å²) in [6.07, 6.45) is 0. The Morgan fingerprint density at radius 1 is 1.33 bits per heavy atom. The number of hydrogen-bond acceptors (Lipinski definition) is 2. The van der Waals surface area contributed by atoms with Crippen molar-refractivity contribution in [2.24, 2.45) is 17.8 Å². The lowest BCUT2D eigenvalue weighted by molar-refractivity contribution is 0.315. The summed E-state index contributed by atoms with van der Waals surface area (Å²) in [6.45, 7) is 8.52. The van der Waals surface area contributed by atoms with Crippen molar-refractivity contribution in [1.29, 1.82) is 0 Å². The molecule has 0 aliphatic carbocycles. The average molecular weight is 168 g/mol. The molecule has 0 saturated carbocycles. The molecule has 0 spiro atoms. The summed E-state index contributed by atoms with van der Waals surface area (Å²) >= 11 is 0. The van der Waals surface area contributed by atoms with Crippen molar-refractivity contribution in [3.05, 3.63) is 0 Å². The van der Waals surface area contributed by atoms with E-state index in [2.05, 4.69) is 31.1 Å². The summed E-state index contributed by atoms with van der Waals surface area (Å²) in [5.74, 6) is 2.66. The first kappa shape index (κ1) is 8.52. The Labute approximate surface area is 75.3 Å². The van der Waals surface area contributed by atoms with Gasteiger partial charge < -0.3 is 10.2 Å². The normalized spacial score (nSPS) is 42.5. The lowest BCUT2D eigenvalue weighted by Gasteiger charge is -2.22. The zero-order valence-electron chi connectivity index (χ0n) is 8.38. The monoisotopic (exact) mass is 168 g/mol. The lowest BCUT2D eigenvalue weighted by Crippen LogP contribution is -2.35. The fourth-order valence-electron chi connectivity index (χ4n) is 2.91. The number of hydrogen-bond donors (Lipinski definition) is 1. The maximum atomic E-state index is 3.65. The van der Waals surface area contributed by atoms with Crippen LogP contribution in [0.15, 0.2) is 0 Å². The SMILES string of the molecule is CC(C)[C@@H]1NC[C@H]2CN(C)C[C@@H]21. The lowest BCUT2D eigenvalue weighted by atomic mass is 9.88. The molecule has 2 heteroatoms. The van der Waals surface area contributed by atoms with Gasteiger partial charge in [-0.2, -0.15) is 0 Å². The van der Waals surface area contributed by atoms with Gasteiger partial charge >= 0.3 is 0 Å². The standard InChI is InChI=1S/C10H20N2/c1-7(2)10-9-6-12(3)5-8(9)4-11-10/h7-11H,4-6H2,1-3H3/t8-,9-,10-/m0/s1. The van der Waals surface area contributed by atoms with Crippen molar-refractivity contribution >= 4 is 0 Å². The van der Waals surface area contributed by atoms with Crippen LogP contribution in [0.1, 0.15) is 13.8 Å². The van der Waals surface area contributed by atoms with Crippen LogP contribution < -0.4 is 5.32 Å². The van der Waals surface area contributed by atoms with Gasteiger partial charge in [0.05, 0.1) is 0 Å². The molecule has 0 aromatic carbocycles. The van der Waals surface area contributed by atoms with E-state index in [-0.39, 0.29) is 0 Å². The van der Waals surface area contributed by atoms with Crippen molar-refractivity contribution in [3.63, 3.8) is 0 Å². The first-order valence-corrected chi connectivity index (χ1v) is 5.10. The quantitative estimate of drug-likeness (QED) is 0.623. The van der Waals surface area contributed by atoms with E-state index in [1.807, 2.05) is 0 Å². The van der Waals surface area contributed by atoms with Crippen LogP contribution in [0.3, 0.4) is 0 Å². The zero-order valence-corrected chi connectivity index (χ0v) is 8.38. The highest BCUT2D eigenvalue weighted by Gasteiger charge is 2.42. The number of rotatable bonds is 1.